The summed E-state index contributed by atoms with van der Waals surface area (Å²) < 4.78 is 27.6. The predicted octanol–water partition coefficient (Wildman–Crippen LogP) is 1.50. The van der Waals surface area contributed by atoms with E-state index in [0.717, 1.165) is 6.42 Å². The SMILES string of the molecule is CCCC(C)S(=O)(=O)O[SiH](C)C. The number of rotatable bonds is 5. The maximum Gasteiger partial charge on any atom is 0.260 e. The van der Waals surface area contributed by atoms with Crippen molar-refractivity contribution in [1.82, 2.24) is 0 Å². The van der Waals surface area contributed by atoms with E-state index in [1.165, 1.54) is 0 Å². The van der Waals surface area contributed by atoms with Crippen LogP contribution in [-0.2, 0) is 14.0 Å². The Kier molecular flexibility index (Phi) is 5.04. The van der Waals surface area contributed by atoms with Gasteiger partial charge in [0.25, 0.3) is 10.1 Å². The first-order valence-electron chi connectivity index (χ1n) is 4.32. The Morgan fingerprint density at radius 2 is 1.92 bits per heavy atom. The summed E-state index contributed by atoms with van der Waals surface area (Å²) in [6, 6.07) is 0. The van der Waals surface area contributed by atoms with E-state index in [4.69, 9.17) is 3.87 Å². The average Bonchev–Trinajstić information content (AvgIpc) is 1.85. The third kappa shape index (κ3) is 4.23. The Balaban J connectivity index is 4.20. The van der Waals surface area contributed by atoms with Crippen LogP contribution in [0.15, 0.2) is 0 Å². The molecule has 0 aliphatic carbocycles. The maximum absolute atomic E-state index is 11.3. The second kappa shape index (κ2) is 4.99. The first-order valence-corrected chi connectivity index (χ1v) is 8.57. The van der Waals surface area contributed by atoms with E-state index >= 15 is 0 Å². The molecule has 12 heavy (non-hydrogen) atoms. The van der Waals surface area contributed by atoms with Crippen molar-refractivity contribution in [2.24, 2.45) is 0 Å². The molecule has 5 heteroatoms. The Morgan fingerprint density at radius 1 is 1.42 bits per heavy atom. The van der Waals surface area contributed by atoms with Crippen LogP contribution in [0, 0.1) is 0 Å². The second-order valence-electron chi connectivity index (χ2n) is 3.24. The molecule has 0 aliphatic rings. The molecule has 0 fully saturated rings. The van der Waals surface area contributed by atoms with Gasteiger partial charge in [-0.2, -0.15) is 0 Å². The molecule has 0 bridgehead atoms. The van der Waals surface area contributed by atoms with E-state index < -0.39 is 19.2 Å². The van der Waals surface area contributed by atoms with Gasteiger partial charge in [0.15, 0.2) is 9.04 Å². The molecule has 0 aromatic carbocycles. The highest BCUT2D eigenvalue weighted by molar-refractivity contribution is 7.88. The van der Waals surface area contributed by atoms with Crippen LogP contribution in [0.5, 0.6) is 0 Å². The van der Waals surface area contributed by atoms with Crippen molar-refractivity contribution in [1.29, 1.82) is 0 Å². The number of hydrogen-bond acceptors (Lipinski definition) is 3. The standard InChI is InChI=1S/C7H18O3SSi/c1-5-6-7(2)11(8,9)10-12(3)4/h7,12H,5-6H2,1-4H3. The van der Waals surface area contributed by atoms with E-state index in [-0.39, 0.29) is 5.25 Å². The summed E-state index contributed by atoms with van der Waals surface area (Å²) in [7, 11) is -4.72. The lowest BCUT2D eigenvalue weighted by atomic mass is 10.3. The van der Waals surface area contributed by atoms with Crippen molar-refractivity contribution in [3.05, 3.63) is 0 Å². The number of hydrogen-bond donors (Lipinski definition) is 0. The topological polar surface area (TPSA) is 43.4 Å². The van der Waals surface area contributed by atoms with Crippen LogP contribution in [0.1, 0.15) is 26.7 Å². The summed E-state index contributed by atoms with van der Waals surface area (Å²) in [5.41, 5.74) is 0. The smallest absolute Gasteiger partial charge is 0.260 e. The van der Waals surface area contributed by atoms with E-state index in [2.05, 4.69) is 0 Å². The molecule has 0 aromatic rings. The summed E-state index contributed by atoms with van der Waals surface area (Å²) in [6.07, 6.45) is 1.56. The van der Waals surface area contributed by atoms with Crippen LogP contribution in [0.25, 0.3) is 0 Å². The minimum atomic E-state index is -3.26. The van der Waals surface area contributed by atoms with Crippen LogP contribution in [-0.4, -0.2) is 22.7 Å². The lowest BCUT2D eigenvalue weighted by Crippen LogP contribution is -2.25. The molecule has 0 rings (SSSR count). The van der Waals surface area contributed by atoms with Gasteiger partial charge in [0, 0.05) is 0 Å². The zero-order valence-corrected chi connectivity index (χ0v) is 10.2. The maximum atomic E-state index is 11.3. The van der Waals surface area contributed by atoms with E-state index in [1.807, 2.05) is 20.0 Å². The third-order valence-corrected chi connectivity index (χ3v) is 5.35. The highest BCUT2D eigenvalue weighted by Crippen LogP contribution is 2.10. The zero-order valence-electron chi connectivity index (χ0n) is 8.20. The minimum Gasteiger partial charge on any atom is -0.319 e. The fraction of sp³-hybridized carbons (Fsp3) is 1.00. The quantitative estimate of drug-likeness (QED) is 0.646. The van der Waals surface area contributed by atoms with Gasteiger partial charge < -0.3 is 3.87 Å². The Bertz CT molecular complexity index is 211. The van der Waals surface area contributed by atoms with E-state index in [0.29, 0.717) is 6.42 Å². The first-order chi connectivity index (χ1) is 5.40. The molecule has 74 valence electrons. The highest BCUT2D eigenvalue weighted by atomic mass is 32.2. The summed E-state index contributed by atoms with van der Waals surface area (Å²) in [5.74, 6) is 0. The Morgan fingerprint density at radius 3 is 2.25 bits per heavy atom. The van der Waals surface area contributed by atoms with Gasteiger partial charge in [-0.05, 0) is 26.4 Å². The van der Waals surface area contributed by atoms with Crippen molar-refractivity contribution < 1.29 is 12.3 Å². The fourth-order valence-corrected chi connectivity index (χ4v) is 4.34. The van der Waals surface area contributed by atoms with Crippen LogP contribution < -0.4 is 0 Å². The lowest BCUT2D eigenvalue weighted by Gasteiger charge is -2.13. The average molecular weight is 210 g/mol. The monoisotopic (exact) mass is 210 g/mol. The van der Waals surface area contributed by atoms with Gasteiger partial charge in [-0.15, -0.1) is 0 Å². The molecule has 1 atom stereocenters. The van der Waals surface area contributed by atoms with Crippen LogP contribution in [0.2, 0.25) is 13.1 Å². The second-order valence-corrected chi connectivity index (χ2v) is 7.89. The third-order valence-electron chi connectivity index (χ3n) is 1.51. The van der Waals surface area contributed by atoms with E-state index in [9.17, 15) is 8.42 Å². The molecule has 1 unspecified atom stereocenters. The van der Waals surface area contributed by atoms with Gasteiger partial charge >= 0.3 is 0 Å². The Labute approximate surface area is 77.0 Å². The molecule has 0 aromatic heterocycles. The Hall–Kier alpha value is 0.127. The van der Waals surface area contributed by atoms with Gasteiger partial charge in [-0.25, -0.2) is 8.42 Å². The molecule has 0 aliphatic heterocycles. The molecule has 0 spiro atoms. The van der Waals surface area contributed by atoms with Gasteiger partial charge in [0.05, 0.1) is 5.25 Å². The minimum absolute atomic E-state index is 0.350. The summed E-state index contributed by atoms with van der Waals surface area (Å²) in [6.45, 7) is 7.39. The molecule has 0 heterocycles. The molecule has 0 saturated heterocycles. The molecule has 0 saturated carbocycles. The van der Waals surface area contributed by atoms with E-state index in [1.54, 1.807) is 6.92 Å². The molecule has 0 N–H and O–H groups in total. The van der Waals surface area contributed by atoms with Crippen molar-refractivity contribution in [2.75, 3.05) is 0 Å². The van der Waals surface area contributed by atoms with Gasteiger partial charge in [-0.3, -0.25) is 0 Å². The van der Waals surface area contributed by atoms with Gasteiger partial charge in [0.2, 0.25) is 0 Å². The molecule has 0 amide bonds. The molecular weight excluding hydrogens is 192 g/mol. The fourth-order valence-electron chi connectivity index (χ4n) is 0.914. The van der Waals surface area contributed by atoms with Crippen molar-refractivity contribution in [2.45, 2.75) is 45.0 Å². The highest BCUT2D eigenvalue weighted by Gasteiger charge is 2.21. The zero-order chi connectivity index (χ0) is 9.78. The van der Waals surface area contributed by atoms with Crippen molar-refractivity contribution in [3.63, 3.8) is 0 Å². The van der Waals surface area contributed by atoms with Crippen LogP contribution in [0.4, 0.5) is 0 Å². The predicted molar refractivity (Wildman–Crippen MR) is 53.3 cm³/mol. The van der Waals surface area contributed by atoms with Crippen LogP contribution in [0.3, 0.4) is 0 Å². The van der Waals surface area contributed by atoms with Gasteiger partial charge in [0.1, 0.15) is 0 Å². The van der Waals surface area contributed by atoms with Crippen LogP contribution >= 0.6 is 0 Å². The van der Waals surface area contributed by atoms with Crippen molar-refractivity contribution in [3.8, 4) is 0 Å². The normalized spacial score (nSPS) is 15.1. The lowest BCUT2D eigenvalue weighted by molar-refractivity contribution is 0.477. The summed E-state index contributed by atoms with van der Waals surface area (Å²) in [4.78, 5) is 0. The summed E-state index contributed by atoms with van der Waals surface area (Å²) in [5, 5.41) is -0.350. The molecule has 3 nitrogen and oxygen atoms in total. The summed E-state index contributed by atoms with van der Waals surface area (Å²) >= 11 is 0. The molecule has 0 radical (unpaired) electrons. The first kappa shape index (κ1) is 12.1. The van der Waals surface area contributed by atoms with Gasteiger partial charge in [-0.1, -0.05) is 13.3 Å². The largest absolute Gasteiger partial charge is 0.319 e. The molecular formula is C7H18O3SSi. The van der Waals surface area contributed by atoms with Crippen molar-refractivity contribution >= 4 is 19.2 Å².